The van der Waals surface area contributed by atoms with Crippen LogP contribution in [0.15, 0.2) is 0 Å². The lowest BCUT2D eigenvalue weighted by Crippen LogP contribution is -2.27. The van der Waals surface area contributed by atoms with Crippen LogP contribution in [0.25, 0.3) is 0 Å². The highest BCUT2D eigenvalue weighted by atomic mass is 16.5. The van der Waals surface area contributed by atoms with Gasteiger partial charge >= 0.3 is 0 Å². The topological polar surface area (TPSA) is 26.3 Å². The van der Waals surface area contributed by atoms with Crippen LogP contribution in [0, 0.1) is 11.3 Å². The smallest absolute Gasteiger partial charge is 0.161 e. The molecule has 1 rings (SSSR count). The summed E-state index contributed by atoms with van der Waals surface area (Å²) in [5.74, 6) is 0.840. The summed E-state index contributed by atoms with van der Waals surface area (Å²) >= 11 is 0. The Morgan fingerprint density at radius 1 is 1.40 bits per heavy atom. The number of ether oxygens (including phenoxy) is 1. The molecule has 0 heterocycles. The lowest BCUT2D eigenvalue weighted by Gasteiger charge is -2.20. The molecule has 0 aliphatic heterocycles. The molecule has 1 aliphatic rings. The molecule has 1 fully saturated rings. The Balaban J connectivity index is 2.35. The highest BCUT2D eigenvalue weighted by Crippen LogP contribution is 2.36. The van der Waals surface area contributed by atoms with Gasteiger partial charge in [0.2, 0.25) is 0 Å². The van der Waals surface area contributed by atoms with E-state index in [2.05, 4.69) is 20.8 Å². The fourth-order valence-electron chi connectivity index (χ4n) is 1.71. The predicted molar refractivity (Wildman–Crippen MR) is 61.8 cm³/mol. The van der Waals surface area contributed by atoms with E-state index in [4.69, 9.17) is 4.74 Å². The number of rotatable bonds is 6. The molecule has 0 N–H and O–H groups in total. The van der Waals surface area contributed by atoms with Gasteiger partial charge in [0.1, 0.15) is 6.10 Å². The maximum Gasteiger partial charge on any atom is 0.161 e. The van der Waals surface area contributed by atoms with Gasteiger partial charge in [0.05, 0.1) is 0 Å². The Bertz CT molecular complexity index is 211. The van der Waals surface area contributed by atoms with Crippen molar-refractivity contribution in [1.82, 2.24) is 0 Å². The second-order valence-electron chi connectivity index (χ2n) is 5.74. The minimum Gasteiger partial charge on any atom is -0.370 e. The zero-order valence-corrected chi connectivity index (χ0v) is 10.5. The molecule has 2 heteroatoms. The van der Waals surface area contributed by atoms with Crippen molar-refractivity contribution in [3.05, 3.63) is 0 Å². The van der Waals surface area contributed by atoms with Gasteiger partial charge < -0.3 is 4.74 Å². The summed E-state index contributed by atoms with van der Waals surface area (Å²) in [6, 6.07) is 0. The number of ketones is 1. The predicted octanol–water partition coefficient (Wildman–Crippen LogP) is 3.20. The van der Waals surface area contributed by atoms with Crippen LogP contribution in [0.3, 0.4) is 0 Å². The first-order valence-corrected chi connectivity index (χ1v) is 6.08. The number of hydrogen-bond donors (Lipinski definition) is 0. The zero-order valence-electron chi connectivity index (χ0n) is 10.5. The highest BCUT2D eigenvalue weighted by molar-refractivity contribution is 5.83. The van der Waals surface area contributed by atoms with Gasteiger partial charge in [0.25, 0.3) is 0 Å². The summed E-state index contributed by atoms with van der Waals surface area (Å²) in [6.07, 6.45) is 3.88. The number of carbonyl (C=O) groups excluding carboxylic acids is 1. The summed E-state index contributed by atoms with van der Waals surface area (Å²) in [7, 11) is 0. The van der Waals surface area contributed by atoms with E-state index < -0.39 is 0 Å². The Labute approximate surface area is 93.4 Å². The lowest BCUT2D eigenvalue weighted by molar-refractivity contribution is -0.132. The summed E-state index contributed by atoms with van der Waals surface area (Å²) in [4.78, 5) is 11.9. The summed E-state index contributed by atoms with van der Waals surface area (Å²) < 4.78 is 5.54. The van der Waals surface area contributed by atoms with E-state index in [1.807, 2.05) is 6.92 Å². The van der Waals surface area contributed by atoms with E-state index in [9.17, 15) is 4.79 Å². The highest BCUT2D eigenvalue weighted by Gasteiger charge is 2.36. The average molecular weight is 212 g/mol. The molecule has 0 aromatic rings. The van der Waals surface area contributed by atoms with Crippen LogP contribution in [0.5, 0.6) is 0 Å². The monoisotopic (exact) mass is 212 g/mol. The third kappa shape index (κ3) is 4.78. The molecule has 1 atom stereocenters. The van der Waals surface area contributed by atoms with Gasteiger partial charge in [-0.25, -0.2) is 0 Å². The van der Waals surface area contributed by atoms with Gasteiger partial charge in [-0.3, -0.25) is 4.79 Å². The first-order chi connectivity index (χ1) is 6.94. The number of Topliss-reactive ketones (excluding diaryl/α,β-unsaturated/α-hetero) is 1. The first kappa shape index (κ1) is 12.7. The average Bonchev–Trinajstić information content (AvgIpc) is 2.92. The van der Waals surface area contributed by atoms with Crippen LogP contribution < -0.4 is 0 Å². The van der Waals surface area contributed by atoms with Crippen LogP contribution in [-0.2, 0) is 9.53 Å². The van der Waals surface area contributed by atoms with Crippen LogP contribution >= 0.6 is 0 Å². The Morgan fingerprint density at radius 2 is 2.00 bits per heavy atom. The second-order valence-corrected chi connectivity index (χ2v) is 5.74. The maximum atomic E-state index is 11.9. The van der Waals surface area contributed by atoms with E-state index in [1.165, 1.54) is 12.8 Å². The number of hydrogen-bond acceptors (Lipinski definition) is 2. The largest absolute Gasteiger partial charge is 0.370 e. The van der Waals surface area contributed by atoms with Crippen molar-refractivity contribution in [2.75, 3.05) is 6.61 Å². The van der Waals surface area contributed by atoms with Crippen molar-refractivity contribution in [2.24, 2.45) is 11.3 Å². The lowest BCUT2D eigenvalue weighted by atomic mass is 9.88. The molecule has 0 amide bonds. The third-order valence-electron chi connectivity index (χ3n) is 2.84. The van der Waals surface area contributed by atoms with Crippen molar-refractivity contribution in [1.29, 1.82) is 0 Å². The van der Waals surface area contributed by atoms with Crippen LogP contribution in [0.1, 0.15) is 53.4 Å². The first-order valence-electron chi connectivity index (χ1n) is 6.08. The maximum absolute atomic E-state index is 11.9. The fraction of sp³-hybridized carbons (Fsp3) is 0.923. The van der Waals surface area contributed by atoms with Crippen LogP contribution in [0.2, 0.25) is 0 Å². The van der Waals surface area contributed by atoms with Crippen molar-refractivity contribution < 1.29 is 9.53 Å². The molecule has 2 nitrogen and oxygen atoms in total. The minimum atomic E-state index is -0.0997. The van der Waals surface area contributed by atoms with Gasteiger partial charge in [0, 0.05) is 13.0 Å². The van der Waals surface area contributed by atoms with E-state index in [0.29, 0.717) is 24.7 Å². The van der Waals surface area contributed by atoms with E-state index in [1.54, 1.807) is 0 Å². The molecule has 0 aromatic heterocycles. The molecule has 1 unspecified atom stereocenters. The molecule has 1 saturated carbocycles. The third-order valence-corrected chi connectivity index (χ3v) is 2.84. The molecule has 1 aliphatic carbocycles. The van der Waals surface area contributed by atoms with Gasteiger partial charge in [0.15, 0.2) is 5.78 Å². The normalized spacial score (nSPS) is 18.9. The molecule has 0 spiro atoms. The van der Waals surface area contributed by atoms with Crippen molar-refractivity contribution in [3.8, 4) is 0 Å². The second kappa shape index (κ2) is 5.11. The molecule has 0 aromatic carbocycles. The molecular weight excluding hydrogens is 188 g/mol. The SMILES string of the molecule is CCOC(C(=O)CCC(C)(C)C)C1CC1. The molecule has 0 bridgehead atoms. The minimum absolute atomic E-state index is 0.0997. The molecule has 15 heavy (non-hydrogen) atoms. The van der Waals surface area contributed by atoms with Gasteiger partial charge in [-0.2, -0.15) is 0 Å². The molecule has 0 radical (unpaired) electrons. The molecule has 0 saturated heterocycles. The van der Waals surface area contributed by atoms with E-state index >= 15 is 0 Å². The quantitative estimate of drug-likeness (QED) is 0.676. The number of carbonyl (C=O) groups is 1. The molecular formula is C13H24O2. The summed E-state index contributed by atoms with van der Waals surface area (Å²) in [5, 5.41) is 0. The zero-order chi connectivity index (χ0) is 11.5. The van der Waals surface area contributed by atoms with Crippen molar-refractivity contribution >= 4 is 5.78 Å². The Morgan fingerprint density at radius 3 is 2.40 bits per heavy atom. The van der Waals surface area contributed by atoms with Gasteiger partial charge in [-0.05, 0) is 37.5 Å². The summed E-state index contributed by atoms with van der Waals surface area (Å²) in [6.45, 7) is 9.14. The van der Waals surface area contributed by atoms with Gasteiger partial charge in [-0.15, -0.1) is 0 Å². The van der Waals surface area contributed by atoms with Crippen molar-refractivity contribution in [2.45, 2.75) is 59.5 Å². The fourth-order valence-corrected chi connectivity index (χ4v) is 1.71. The summed E-state index contributed by atoms with van der Waals surface area (Å²) in [5.41, 5.74) is 0.246. The Hall–Kier alpha value is -0.370. The van der Waals surface area contributed by atoms with Crippen molar-refractivity contribution in [3.63, 3.8) is 0 Å². The Kier molecular flexibility index (Phi) is 4.32. The van der Waals surface area contributed by atoms with E-state index in [0.717, 1.165) is 6.42 Å². The van der Waals surface area contributed by atoms with Crippen LogP contribution in [-0.4, -0.2) is 18.5 Å². The van der Waals surface area contributed by atoms with E-state index in [-0.39, 0.29) is 11.5 Å². The molecule has 88 valence electrons. The standard InChI is InChI=1S/C13H24O2/c1-5-15-12(10-6-7-10)11(14)8-9-13(2,3)4/h10,12H,5-9H2,1-4H3. The van der Waals surface area contributed by atoms with Crippen LogP contribution in [0.4, 0.5) is 0 Å². The van der Waals surface area contributed by atoms with Gasteiger partial charge in [-0.1, -0.05) is 20.8 Å².